The summed E-state index contributed by atoms with van der Waals surface area (Å²) in [6, 6.07) is 4.63. The molecule has 0 spiro atoms. The van der Waals surface area contributed by atoms with Crippen molar-refractivity contribution in [3.8, 4) is 0 Å². The van der Waals surface area contributed by atoms with Gasteiger partial charge in [0.2, 0.25) is 0 Å². The molecule has 0 fully saturated rings. The summed E-state index contributed by atoms with van der Waals surface area (Å²) in [4.78, 5) is 4.02. The fourth-order valence-corrected chi connectivity index (χ4v) is 1.32. The maximum atomic E-state index is 12.9. The molecule has 1 nitrogen and oxygen atoms in total. The first kappa shape index (κ1) is 7.92. The molecule has 64 valence electrons. The summed E-state index contributed by atoms with van der Waals surface area (Å²) in [5.41, 5.74) is 0.858. The van der Waals surface area contributed by atoms with Gasteiger partial charge in [-0.05, 0) is 23.6 Å². The molecule has 2 rings (SSSR count). The molecule has 1 aromatic heterocycles. The van der Waals surface area contributed by atoms with E-state index < -0.39 is 0 Å². The Morgan fingerprint density at radius 3 is 2.92 bits per heavy atom. The topological polar surface area (TPSA) is 12.9 Å². The molecule has 0 saturated carbocycles. The predicted molar refractivity (Wildman–Crippen MR) is 51.8 cm³/mol. The molecule has 0 unspecified atom stereocenters. The minimum atomic E-state index is -0.234. The van der Waals surface area contributed by atoms with Crippen molar-refractivity contribution >= 4 is 16.8 Å². The van der Waals surface area contributed by atoms with Crippen molar-refractivity contribution in [1.29, 1.82) is 0 Å². The van der Waals surface area contributed by atoms with E-state index in [-0.39, 0.29) is 5.82 Å². The molecule has 0 aliphatic rings. The summed E-state index contributed by atoms with van der Waals surface area (Å²) >= 11 is 0. The fraction of sp³-hybridized carbons (Fsp3) is 0. The van der Waals surface area contributed by atoms with Crippen LogP contribution in [0.5, 0.6) is 0 Å². The second kappa shape index (κ2) is 2.98. The lowest BCUT2D eigenvalue weighted by molar-refractivity contribution is 0.629. The predicted octanol–water partition coefficient (Wildman–Crippen LogP) is 3.02. The summed E-state index contributed by atoms with van der Waals surface area (Å²) in [6.07, 6.45) is 5.06. The second-order valence-corrected chi connectivity index (χ2v) is 2.80. The number of benzene rings is 1. The summed E-state index contributed by atoms with van der Waals surface area (Å²) in [6.45, 7) is 3.65. The Labute approximate surface area is 75.5 Å². The van der Waals surface area contributed by atoms with Gasteiger partial charge in [-0.25, -0.2) is 4.39 Å². The molecule has 2 heteroatoms. The summed E-state index contributed by atoms with van der Waals surface area (Å²) in [5.74, 6) is -0.234. The highest BCUT2D eigenvalue weighted by atomic mass is 19.1. The quantitative estimate of drug-likeness (QED) is 0.646. The zero-order valence-corrected chi connectivity index (χ0v) is 7.00. The minimum Gasteiger partial charge on any atom is -0.263 e. The Hall–Kier alpha value is -1.70. The Kier molecular flexibility index (Phi) is 1.81. The van der Waals surface area contributed by atoms with Gasteiger partial charge in [-0.2, -0.15) is 0 Å². The lowest BCUT2D eigenvalue weighted by Crippen LogP contribution is -1.82. The van der Waals surface area contributed by atoms with Gasteiger partial charge in [-0.15, -0.1) is 0 Å². The molecule has 0 aliphatic heterocycles. The van der Waals surface area contributed by atoms with Crippen molar-refractivity contribution in [1.82, 2.24) is 4.98 Å². The lowest BCUT2D eigenvalue weighted by atomic mass is 10.1. The monoisotopic (exact) mass is 173 g/mol. The molecule has 0 amide bonds. The van der Waals surface area contributed by atoms with Crippen molar-refractivity contribution in [2.24, 2.45) is 0 Å². The SMILES string of the molecule is C=Cc1cncc2ccc(F)cc12. The van der Waals surface area contributed by atoms with Gasteiger partial charge in [0, 0.05) is 23.3 Å². The third kappa shape index (κ3) is 1.31. The van der Waals surface area contributed by atoms with Crippen molar-refractivity contribution < 1.29 is 4.39 Å². The molecule has 0 bridgehead atoms. The molecule has 1 heterocycles. The number of hydrogen-bond donors (Lipinski definition) is 0. The molecular formula is C11H8FN. The highest BCUT2D eigenvalue weighted by Gasteiger charge is 1.99. The molecule has 0 N–H and O–H groups in total. The van der Waals surface area contributed by atoms with Gasteiger partial charge in [0.15, 0.2) is 0 Å². The van der Waals surface area contributed by atoms with Crippen LogP contribution >= 0.6 is 0 Å². The summed E-state index contributed by atoms with van der Waals surface area (Å²) in [7, 11) is 0. The molecule has 0 radical (unpaired) electrons. The van der Waals surface area contributed by atoms with Crippen LogP contribution in [-0.4, -0.2) is 4.98 Å². The van der Waals surface area contributed by atoms with Crippen LogP contribution in [-0.2, 0) is 0 Å². The number of pyridine rings is 1. The van der Waals surface area contributed by atoms with Gasteiger partial charge in [0.1, 0.15) is 5.82 Å². The van der Waals surface area contributed by atoms with E-state index in [0.717, 1.165) is 16.3 Å². The van der Waals surface area contributed by atoms with Crippen LogP contribution in [0.25, 0.3) is 16.8 Å². The first-order chi connectivity index (χ1) is 6.31. The van der Waals surface area contributed by atoms with Crippen molar-refractivity contribution in [3.63, 3.8) is 0 Å². The summed E-state index contributed by atoms with van der Waals surface area (Å²) in [5, 5.41) is 1.78. The van der Waals surface area contributed by atoms with Gasteiger partial charge in [-0.3, -0.25) is 4.98 Å². The standard InChI is InChI=1S/C11H8FN/c1-2-8-6-13-7-9-3-4-10(12)5-11(8)9/h2-7H,1H2. The molecule has 0 aliphatic carbocycles. The van der Waals surface area contributed by atoms with Gasteiger partial charge in [-0.1, -0.05) is 12.7 Å². The molecular weight excluding hydrogens is 165 g/mol. The van der Waals surface area contributed by atoms with Crippen LogP contribution in [0, 0.1) is 5.82 Å². The van der Waals surface area contributed by atoms with E-state index in [9.17, 15) is 4.39 Å². The Bertz CT molecular complexity index is 463. The first-order valence-electron chi connectivity index (χ1n) is 3.97. The minimum absolute atomic E-state index is 0.234. The van der Waals surface area contributed by atoms with Crippen LogP contribution in [0.3, 0.4) is 0 Å². The van der Waals surface area contributed by atoms with Gasteiger partial charge >= 0.3 is 0 Å². The number of fused-ring (bicyclic) bond motifs is 1. The normalized spacial score (nSPS) is 10.2. The van der Waals surface area contributed by atoms with Gasteiger partial charge in [0.05, 0.1) is 0 Å². The largest absolute Gasteiger partial charge is 0.263 e. The van der Waals surface area contributed by atoms with Crippen LogP contribution in [0.4, 0.5) is 4.39 Å². The third-order valence-electron chi connectivity index (χ3n) is 1.97. The van der Waals surface area contributed by atoms with E-state index in [0.29, 0.717) is 0 Å². The third-order valence-corrected chi connectivity index (χ3v) is 1.97. The van der Waals surface area contributed by atoms with E-state index in [1.54, 1.807) is 24.5 Å². The molecule has 0 atom stereocenters. The Morgan fingerprint density at radius 2 is 2.15 bits per heavy atom. The first-order valence-corrected chi connectivity index (χ1v) is 3.97. The smallest absolute Gasteiger partial charge is 0.123 e. The fourth-order valence-electron chi connectivity index (χ4n) is 1.32. The molecule has 1 aromatic carbocycles. The van der Waals surface area contributed by atoms with Crippen LogP contribution in [0.15, 0.2) is 37.2 Å². The zero-order valence-electron chi connectivity index (χ0n) is 7.00. The number of halogens is 1. The Balaban J connectivity index is 2.86. The van der Waals surface area contributed by atoms with Crippen LogP contribution in [0.2, 0.25) is 0 Å². The lowest BCUT2D eigenvalue weighted by Gasteiger charge is -2.00. The second-order valence-electron chi connectivity index (χ2n) is 2.80. The maximum absolute atomic E-state index is 12.9. The van der Waals surface area contributed by atoms with Crippen molar-refractivity contribution in [2.75, 3.05) is 0 Å². The molecule has 2 aromatic rings. The summed E-state index contributed by atoms with van der Waals surface area (Å²) < 4.78 is 12.9. The number of aromatic nitrogens is 1. The number of nitrogens with zero attached hydrogens (tertiary/aromatic N) is 1. The van der Waals surface area contributed by atoms with E-state index in [1.165, 1.54) is 12.1 Å². The van der Waals surface area contributed by atoms with E-state index in [4.69, 9.17) is 0 Å². The van der Waals surface area contributed by atoms with Gasteiger partial charge in [0.25, 0.3) is 0 Å². The van der Waals surface area contributed by atoms with Crippen LogP contribution < -0.4 is 0 Å². The maximum Gasteiger partial charge on any atom is 0.123 e. The van der Waals surface area contributed by atoms with E-state index >= 15 is 0 Å². The van der Waals surface area contributed by atoms with E-state index in [1.807, 2.05) is 0 Å². The number of rotatable bonds is 1. The average Bonchev–Trinajstić information content (AvgIpc) is 2.17. The van der Waals surface area contributed by atoms with Crippen molar-refractivity contribution in [3.05, 3.63) is 48.6 Å². The number of hydrogen-bond acceptors (Lipinski definition) is 1. The van der Waals surface area contributed by atoms with E-state index in [2.05, 4.69) is 11.6 Å². The van der Waals surface area contributed by atoms with Gasteiger partial charge < -0.3 is 0 Å². The highest BCUT2D eigenvalue weighted by molar-refractivity contribution is 5.89. The zero-order chi connectivity index (χ0) is 9.26. The highest BCUT2D eigenvalue weighted by Crippen LogP contribution is 2.19. The van der Waals surface area contributed by atoms with Crippen LogP contribution in [0.1, 0.15) is 5.56 Å². The van der Waals surface area contributed by atoms with Crippen molar-refractivity contribution in [2.45, 2.75) is 0 Å². The molecule has 0 saturated heterocycles. The molecule has 13 heavy (non-hydrogen) atoms. The Morgan fingerprint density at radius 1 is 1.31 bits per heavy atom. The average molecular weight is 173 g/mol.